The van der Waals surface area contributed by atoms with Gasteiger partial charge in [-0.2, -0.15) is 11.3 Å². The lowest BCUT2D eigenvalue weighted by Gasteiger charge is -2.13. The summed E-state index contributed by atoms with van der Waals surface area (Å²) in [4.78, 5) is 0.304. The Bertz CT molecular complexity index is 649. The van der Waals surface area contributed by atoms with Gasteiger partial charge < -0.3 is 5.32 Å². The fourth-order valence-electron chi connectivity index (χ4n) is 1.99. The minimum atomic E-state index is -3.48. The summed E-state index contributed by atoms with van der Waals surface area (Å²) in [5.41, 5.74) is 2.10. The molecule has 4 nitrogen and oxygen atoms in total. The van der Waals surface area contributed by atoms with Crippen LogP contribution in [0.3, 0.4) is 0 Å². The van der Waals surface area contributed by atoms with Crippen molar-refractivity contribution in [1.82, 2.24) is 10.0 Å². The fourth-order valence-corrected chi connectivity index (χ4v) is 3.98. The molecule has 1 aromatic heterocycles. The first-order chi connectivity index (χ1) is 10.0. The molecule has 1 heterocycles. The Morgan fingerprint density at radius 2 is 1.90 bits per heavy atom. The summed E-state index contributed by atoms with van der Waals surface area (Å²) in [6.45, 7) is 2.72. The van der Waals surface area contributed by atoms with Gasteiger partial charge >= 0.3 is 0 Å². The van der Waals surface area contributed by atoms with E-state index in [9.17, 15) is 8.42 Å². The Morgan fingerprint density at radius 1 is 1.19 bits per heavy atom. The Morgan fingerprint density at radius 3 is 2.48 bits per heavy atom. The number of sulfonamides is 1. The molecule has 2 N–H and O–H groups in total. The maximum absolute atomic E-state index is 12.3. The second-order valence-corrected chi connectivity index (χ2v) is 7.39. The zero-order valence-corrected chi connectivity index (χ0v) is 13.8. The molecule has 6 heteroatoms. The van der Waals surface area contributed by atoms with Crippen LogP contribution in [0, 0.1) is 0 Å². The zero-order valence-electron chi connectivity index (χ0n) is 12.2. The molecule has 0 saturated heterocycles. The molecule has 0 bridgehead atoms. The predicted octanol–water partition coefficient (Wildman–Crippen LogP) is 2.55. The van der Waals surface area contributed by atoms with Gasteiger partial charge in [-0.3, -0.25) is 0 Å². The monoisotopic (exact) mass is 324 g/mol. The van der Waals surface area contributed by atoms with Crippen molar-refractivity contribution in [1.29, 1.82) is 0 Å². The van der Waals surface area contributed by atoms with Crippen molar-refractivity contribution in [3.8, 4) is 0 Å². The number of hydrogen-bond acceptors (Lipinski definition) is 4. The molecule has 1 atom stereocenters. The van der Waals surface area contributed by atoms with E-state index in [0.717, 1.165) is 24.1 Å². The van der Waals surface area contributed by atoms with Crippen molar-refractivity contribution in [2.75, 3.05) is 13.6 Å². The highest BCUT2D eigenvalue weighted by Gasteiger charge is 2.18. The van der Waals surface area contributed by atoms with Gasteiger partial charge in [-0.15, -0.1) is 0 Å². The lowest BCUT2D eigenvalue weighted by molar-refractivity contribution is 0.567. The molecule has 114 valence electrons. The van der Waals surface area contributed by atoms with Crippen LogP contribution in [0.15, 0.2) is 46.0 Å². The lowest BCUT2D eigenvalue weighted by atomic mass is 10.1. The van der Waals surface area contributed by atoms with Gasteiger partial charge in [0.1, 0.15) is 0 Å². The summed E-state index contributed by atoms with van der Waals surface area (Å²) in [5.74, 6) is 0. The summed E-state index contributed by atoms with van der Waals surface area (Å²) in [5, 5.41) is 6.97. The molecule has 0 fully saturated rings. The maximum Gasteiger partial charge on any atom is 0.241 e. The van der Waals surface area contributed by atoms with Crippen LogP contribution in [-0.2, 0) is 16.4 Å². The van der Waals surface area contributed by atoms with E-state index < -0.39 is 10.0 Å². The van der Waals surface area contributed by atoms with Gasteiger partial charge in [0.15, 0.2) is 0 Å². The van der Waals surface area contributed by atoms with E-state index in [4.69, 9.17) is 0 Å². The SMILES string of the molecule is CNCCc1ccc(S(=O)(=O)NC(C)c2ccsc2)cc1. The van der Waals surface area contributed by atoms with Crippen molar-refractivity contribution in [3.63, 3.8) is 0 Å². The number of nitrogens with one attached hydrogen (secondary N) is 2. The standard InChI is InChI=1S/C15H20N2O2S2/c1-12(14-8-10-20-11-14)17-21(18,19)15-5-3-13(4-6-15)7-9-16-2/h3-6,8,10-12,16-17H,7,9H2,1-2H3. The van der Waals surface area contributed by atoms with Gasteiger partial charge in [0.05, 0.1) is 4.90 Å². The molecule has 0 radical (unpaired) electrons. The van der Waals surface area contributed by atoms with E-state index in [1.165, 1.54) is 0 Å². The Labute approximate surface area is 130 Å². The summed E-state index contributed by atoms with van der Waals surface area (Å²) < 4.78 is 27.4. The normalized spacial score (nSPS) is 13.2. The molecule has 2 aromatic rings. The van der Waals surface area contributed by atoms with Crippen molar-refractivity contribution < 1.29 is 8.42 Å². The summed E-state index contributed by atoms with van der Waals surface area (Å²) in [6, 6.07) is 8.74. The second kappa shape index (κ2) is 7.17. The minimum absolute atomic E-state index is 0.231. The number of likely N-dealkylation sites (N-methyl/N-ethyl adjacent to an activating group) is 1. The van der Waals surface area contributed by atoms with E-state index in [0.29, 0.717) is 4.90 Å². The van der Waals surface area contributed by atoms with Gasteiger partial charge in [0.25, 0.3) is 0 Å². The molecule has 2 rings (SSSR count). The fraction of sp³-hybridized carbons (Fsp3) is 0.333. The van der Waals surface area contributed by atoms with E-state index >= 15 is 0 Å². The van der Waals surface area contributed by atoms with Gasteiger partial charge in [-0.25, -0.2) is 13.1 Å². The van der Waals surface area contributed by atoms with E-state index in [1.54, 1.807) is 23.5 Å². The van der Waals surface area contributed by atoms with E-state index in [2.05, 4.69) is 10.0 Å². The first-order valence-electron chi connectivity index (χ1n) is 6.81. The topological polar surface area (TPSA) is 58.2 Å². The summed E-state index contributed by atoms with van der Waals surface area (Å²) in [6.07, 6.45) is 0.884. The first-order valence-corrected chi connectivity index (χ1v) is 9.23. The molecule has 0 spiro atoms. The van der Waals surface area contributed by atoms with Gasteiger partial charge in [0.2, 0.25) is 10.0 Å². The molecule has 0 amide bonds. The molecular weight excluding hydrogens is 304 g/mol. The van der Waals surface area contributed by atoms with Crippen LogP contribution in [0.2, 0.25) is 0 Å². The van der Waals surface area contributed by atoms with Crippen LogP contribution in [0.5, 0.6) is 0 Å². The summed E-state index contributed by atoms with van der Waals surface area (Å²) >= 11 is 1.56. The molecule has 0 aliphatic heterocycles. The molecule has 1 unspecified atom stereocenters. The van der Waals surface area contributed by atoms with Crippen molar-refractivity contribution in [3.05, 3.63) is 52.2 Å². The van der Waals surface area contributed by atoms with Crippen LogP contribution < -0.4 is 10.0 Å². The van der Waals surface area contributed by atoms with Crippen LogP contribution in [0.4, 0.5) is 0 Å². The van der Waals surface area contributed by atoms with Crippen molar-refractivity contribution in [2.24, 2.45) is 0 Å². The Balaban J connectivity index is 2.08. The average Bonchev–Trinajstić information content (AvgIpc) is 2.99. The molecule has 0 saturated carbocycles. The van der Waals surface area contributed by atoms with E-state index in [1.807, 2.05) is 42.9 Å². The molecule has 0 aliphatic carbocycles. The van der Waals surface area contributed by atoms with Crippen molar-refractivity contribution >= 4 is 21.4 Å². The Kier molecular flexibility index (Phi) is 5.52. The predicted molar refractivity (Wildman–Crippen MR) is 87.1 cm³/mol. The molecule has 1 aromatic carbocycles. The highest BCUT2D eigenvalue weighted by molar-refractivity contribution is 7.89. The smallest absolute Gasteiger partial charge is 0.241 e. The number of benzene rings is 1. The quantitative estimate of drug-likeness (QED) is 0.823. The van der Waals surface area contributed by atoms with E-state index in [-0.39, 0.29) is 6.04 Å². The first kappa shape index (κ1) is 16.2. The lowest BCUT2D eigenvalue weighted by Crippen LogP contribution is -2.26. The average molecular weight is 324 g/mol. The largest absolute Gasteiger partial charge is 0.319 e. The molecule has 21 heavy (non-hydrogen) atoms. The third-order valence-electron chi connectivity index (χ3n) is 3.27. The third kappa shape index (κ3) is 4.38. The number of rotatable bonds is 7. The second-order valence-electron chi connectivity index (χ2n) is 4.90. The van der Waals surface area contributed by atoms with Crippen molar-refractivity contribution in [2.45, 2.75) is 24.3 Å². The van der Waals surface area contributed by atoms with Crippen LogP contribution in [-0.4, -0.2) is 22.0 Å². The van der Waals surface area contributed by atoms with Gasteiger partial charge in [-0.05, 0) is 67.0 Å². The van der Waals surface area contributed by atoms with Gasteiger partial charge in [-0.1, -0.05) is 12.1 Å². The molecule has 0 aliphatic rings. The van der Waals surface area contributed by atoms with Gasteiger partial charge in [0, 0.05) is 6.04 Å². The molecular formula is C15H20N2O2S2. The van der Waals surface area contributed by atoms with Crippen LogP contribution >= 0.6 is 11.3 Å². The number of hydrogen-bond donors (Lipinski definition) is 2. The highest BCUT2D eigenvalue weighted by Crippen LogP contribution is 2.19. The highest BCUT2D eigenvalue weighted by atomic mass is 32.2. The Hall–Kier alpha value is -1.21. The number of thiophene rings is 1. The summed E-state index contributed by atoms with van der Waals surface area (Å²) in [7, 11) is -1.59. The van der Waals surface area contributed by atoms with Crippen LogP contribution in [0.25, 0.3) is 0 Å². The maximum atomic E-state index is 12.3. The zero-order chi connectivity index (χ0) is 15.3. The third-order valence-corrected chi connectivity index (χ3v) is 5.53. The minimum Gasteiger partial charge on any atom is -0.319 e. The van der Waals surface area contributed by atoms with Crippen LogP contribution in [0.1, 0.15) is 24.1 Å².